The van der Waals surface area contributed by atoms with Gasteiger partial charge in [-0.3, -0.25) is 0 Å². The van der Waals surface area contributed by atoms with Gasteiger partial charge in [-0.05, 0) is 17.8 Å². The number of rotatable bonds is 4. The minimum Gasteiger partial charge on any atom is -0.176 e. The molecule has 3 unspecified atom stereocenters. The standard InChI is InChI=1S/C10H22S/c1-6-10(7(2)3)8(4)9(5)11/h7-11H,6H2,1-5H3. The van der Waals surface area contributed by atoms with Gasteiger partial charge in [-0.1, -0.05) is 41.0 Å². The van der Waals surface area contributed by atoms with Crippen LogP contribution in [0.25, 0.3) is 0 Å². The van der Waals surface area contributed by atoms with Crippen molar-refractivity contribution in [3.05, 3.63) is 0 Å². The molecule has 0 N–H and O–H groups in total. The molecule has 1 heteroatoms. The topological polar surface area (TPSA) is 0 Å². The second kappa shape index (κ2) is 5.08. The Balaban J connectivity index is 4.02. The Labute approximate surface area is 77.2 Å². The molecule has 0 aromatic rings. The normalized spacial score (nSPS) is 19.9. The lowest BCUT2D eigenvalue weighted by atomic mass is 9.81. The van der Waals surface area contributed by atoms with Crippen molar-refractivity contribution in [1.29, 1.82) is 0 Å². The average Bonchev–Trinajstić information content (AvgIpc) is 1.88. The number of hydrogen-bond acceptors (Lipinski definition) is 1. The Bertz CT molecular complexity index is 97.0. The molecule has 0 aliphatic rings. The van der Waals surface area contributed by atoms with E-state index in [1.165, 1.54) is 6.42 Å². The fraction of sp³-hybridized carbons (Fsp3) is 1.00. The third-order valence-electron chi connectivity index (χ3n) is 2.76. The van der Waals surface area contributed by atoms with Crippen molar-refractivity contribution < 1.29 is 0 Å². The van der Waals surface area contributed by atoms with E-state index >= 15 is 0 Å². The molecule has 3 atom stereocenters. The van der Waals surface area contributed by atoms with Crippen LogP contribution in [-0.2, 0) is 0 Å². The van der Waals surface area contributed by atoms with Gasteiger partial charge in [-0.2, -0.15) is 12.6 Å². The third-order valence-corrected chi connectivity index (χ3v) is 3.23. The second-order valence-electron chi connectivity index (χ2n) is 3.92. The molecule has 0 aliphatic carbocycles. The van der Waals surface area contributed by atoms with Crippen LogP contribution in [0.4, 0.5) is 0 Å². The molecule has 0 fully saturated rings. The third kappa shape index (κ3) is 3.50. The first-order valence-electron chi connectivity index (χ1n) is 4.68. The Hall–Kier alpha value is 0.350. The van der Waals surface area contributed by atoms with Gasteiger partial charge in [0.25, 0.3) is 0 Å². The molecule has 0 aromatic carbocycles. The van der Waals surface area contributed by atoms with Crippen molar-refractivity contribution in [3.63, 3.8) is 0 Å². The van der Waals surface area contributed by atoms with Crippen LogP contribution in [0.15, 0.2) is 0 Å². The van der Waals surface area contributed by atoms with E-state index in [9.17, 15) is 0 Å². The minimum atomic E-state index is 0.530. The molecule has 0 aromatic heterocycles. The summed E-state index contributed by atoms with van der Waals surface area (Å²) in [6, 6.07) is 0. The highest BCUT2D eigenvalue weighted by Crippen LogP contribution is 2.28. The van der Waals surface area contributed by atoms with E-state index in [1.807, 2.05) is 0 Å². The highest BCUT2D eigenvalue weighted by atomic mass is 32.1. The zero-order valence-electron chi connectivity index (χ0n) is 8.46. The zero-order chi connectivity index (χ0) is 9.02. The zero-order valence-corrected chi connectivity index (χ0v) is 9.36. The van der Waals surface area contributed by atoms with Gasteiger partial charge < -0.3 is 0 Å². The first kappa shape index (κ1) is 11.4. The van der Waals surface area contributed by atoms with Crippen molar-refractivity contribution in [3.8, 4) is 0 Å². The fourth-order valence-electron chi connectivity index (χ4n) is 1.81. The molecule has 0 saturated heterocycles. The van der Waals surface area contributed by atoms with Crippen molar-refractivity contribution in [2.45, 2.75) is 46.3 Å². The summed E-state index contributed by atoms with van der Waals surface area (Å²) in [5, 5.41) is 0.530. The van der Waals surface area contributed by atoms with Gasteiger partial charge in [0.2, 0.25) is 0 Å². The van der Waals surface area contributed by atoms with E-state index in [0.29, 0.717) is 5.25 Å². The van der Waals surface area contributed by atoms with E-state index in [1.54, 1.807) is 0 Å². The Morgan fingerprint density at radius 2 is 1.55 bits per heavy atom. The lowest BCUT2D eigenvalue weighted by molar-refractivity contribution is 0.262. The smallest absolute Gasteiger partial charge is 0.00168 e. The van der Waals surface area contributed by atoms with Crippen LogP contribution in [0.1, 0.15) is 41.0 Å². The molecule has 0 rings (SSSR count). The molecule has 0 bridgehead atoms. The summed E-state index contributed by atoms with van der Waals surface area (Å²) < 4.78 is 0. The maximum atomic E-state index is 4.48. The van der Waals surface area contributed by atoms with E-state index in [-0.39, 0.29) is 0 Å². The summed E-state index contributed by atoms with van der Waals surface area (Å²) in [5.74, 6) is 2.37. The summed E-state index contributed by atoms with van der Waals surface area (Å²) in [6.07, 6.45) is 1.28. The highest BCUT2D eigenvalue weighted by Gasteiger charge is 2.21. The van der Waals surface area contributed by atoms with E-state index < -0.39 is 0 Å². The van der Waals surface area contributed by atoms with Crippen molar-refractivity contribution in [2.75, 3.05) is 0 Å². The molecule has 68 valence electrons. The van der Waals surface area contributed by atoms with Crippen LogP contribution in [-0.4, -0.2) is 5.25 Å². The predicted molar refractivity (Wildman–Crippen MR) is 56.2 cm³/mol. The predicted octanol–water partition coefficient (Wildman–Crippen LogP) is 3.62. The first-order valence-corrected chi connectivity index (χ1v) is 5.20. The SMILES string of the molecule is CCC(C(C)C)C(C)C(C)S. The maximum Gasteiger partial charge on any atom is 0.00168 e. The van der Waals surface area contributed by atoms with E-state index in [2.05, 4.69) is 47.2 Å². The minimum absolute atomic E-state index is 0.530. The van der Waals surface area contributed by atoms with Gasteiger partial charge in [0.05, 0.1) is 0 Å². The lowest BCUT2D eigenvalue weighted by Crippen LogP contribution is -2.23. The molecular formula is C10H22S. The van der Waals surface area contributed by atoms with Crippen LogP contribution < -0.4 is 0 Å². The average molecular weight is 174 g/mol. The molecule has 0 amide bonds. The molecule has 0 spiro atoms. The first-order chi connectivity index (χ1) is 5.00. The van der Waals surface area contributed by atoms with Gasteiger partial charge in [0.1, 0.15) is 0 Å². The van der Waals surface area contributed by atoms with Crippen LogP contribution in [0, 0.1) is 17.8 Å². The summed E-state index contributed by atoms with van der Waals surface area (Å²) in [5.41, 5.74) is 0. The van der Waals surface area contributed by atoms with Gasteiger partial charge in [-0.25, -0.2) is 0 Å². The fourth-order valence-corrected chi connectivity index (χ4v) is 2.03. The summed E-state index contributed by atoms with van der Waals surface area (Å²) in [7, 11) is 0. The van der Waals surface area contributed by atoms with Crippen LogP contribution >= 0.6 is 12.6 Å². The molecule has 0 aliphatic heterocycles. The van der Waals surface area contributed by atoms with Gasteiger partial charge in [0.15, 0.2) is 0 Å². The summed E-state index contributed by atoms with van der Waals surface area (Å²) >= 11 is 4.48. The Morgan fingerprint density at radius 3 is 1.64 bits per heavy atom. The highest BCUT2D eigenvalue weighted by molar-refractivity contribution is 7.80. The second-order valence-corrected chi connectivity index (χ2v) is 4.73. The molecule has 0 heterocycles. The molecule has 0 saturated carbocycles. The molecule has 11 heavy (non-hydrogen) atoms. The molecule has 0 nitrogen and oxygen atoms in total. The molecule has 0 radical (unpaired) electrons. The quantitative estimate of drug-likeness (QED) is 0.618. The maximum absolute atomic E-state index is 4.48. The van der Waals surface area contributed by atoms with E-state index in [0.717, 1.165) is 17.8 Å². The number of thiol groups is 1. The van der Waals surface area contributed by atoms with Crippen molar-refractivity contribution in [1.82, 2.24) is 0 Å². The lowest BCUT2D eigenvalue weighted by Gasteiger charge is -2.28. The van der Waals surface area contributed by atoms with Gasteiger partial charge >= 0.3 is 0 Å². The summed E-state index contributed by atoms with van der Waals surface area (Å²) in [6.45, 7) is 11.4. The Morgan fingerprint density at radius 1 is 1.09 bits per heavy atom. The van der Waals surface area contributed by atoms with Crippen molar-refractivity contribution >= 4 is 12.6 Å². The van der Waals surface area contributed by atoms with Crippen LogP contribution in [0.2, 0.25) is 0 Å². The van der Waals surface area contributed by atoms with Crippen LogP contribution in [0.3, 0.4) is 0 Å². The summed E-state index contributed by atoms with van der Waals surface area (Å²) in [4.78, 5) is 0. The number of hydrogen-bond donors (Lipinski definition) is 1. The largest absolute Gasteiger partial charge is 0.176 e. The monoisotopic (exact) mass is 174 g/mol. The Kier molecular flexibility index (Phi) is 5.24. The molecular weight excluding hydrogens is 152 g/mol. The van der Waals surface area contributed by atoms with Gasteiger partial charge in [-0.15, -0.1) is 0 Å². The van der Waals surface area contributed by atoms with Crippen LogP contribution in [0.5, 0.6) is 0 Å². The van der Waals surface area contributed by atoms with Gasteiger partial charge in [0, 0.05) is 5.25 Å². The van der Waals surface area contributed by atoms with E-state index in [4.69, 9.17) is 0 Å². The van der Waals surface area contributed by atoms with Crippen molar-refractivity contribution in [2.24, 2.45) is 17.8 Å².